The summed E-state index contributed by atoms with van der Waals surface area (Å²) in [5, 5.41) is 3.46. The van der Waals surface area contributed by atoms with E-state index in [0.717, 1.165) is 77.1 Å². The minimum atomic E-state index is -0.161. The third-order valence-corrected chi connectivity index (χ3v) is 10.3. The normalized spacial score (nSPS) is 28.5. The Balaban J connectivity index is 1.00. The topological polar surface area (TPSA) is 38.8 Å². The molecule has 0 aromatic heterocycles. The summed E-state index contributed by atoms with van der Waals surface area (Å²) in [7, 11) is 0. The molecular formula is C34H43FN4O. The number of fused-ring (bicyclic) bond motifs is 3. The first-order chi connectivity index (χ1) is 19.3. The number of hydrogen-bond acceptors (Lipinski definition) is 4. The van der Waals surface area contributed by atoms with Crippen LogP contribution in [0.1, 0.15) is 79.4 Å². The maximum absolute atomic E-state index is 13.6. The van der Waals surface area contributed by atoms with Crippen LogP contribution in [-0.4, -0.2) is 71.5 Å². The van der Waals surface area contributed by atoms with Crippen LogP contribution >= 0.6 is 0 Å². The molecule has 3 atom stereocenters. The first-order valence-corrected chi connectivity index (χ1v) is 15.4. The third kappa shape index (κ3) is 5.03. The molecule has 0 radical (unpaired) electrons. The molecule has 2 bridgehead atoms. The van der Waals surface area contributed by atoms with Crippen LogP contribution in [0, 0.1) is 11.2 Å². The van der Waals surface area contributed by atoms with E-state index in [9.17, 15) is 9.18 Å². The Bertz CT molecular complexity index is 1300. The molecule has 212 valence electrons. The summed E-state index contributed by atoms with van der Waals surface area (Å²) < 4.78 is 13.6. The predicted octanol–water partition coefficient (Wildman–Crippen LogP) is 5.46. The number of halogens is 1. The van der Waals surface area contributed by atoms with E-state index in [0.29, 0.717) is 23.5 Å². The largest absolute Gasteiger partial charge is 0.330 e. The van der Waals surface area contributed by atoms with Gasteiger partial charge in [0, 0.05) is 63.0 Å². The lowest BCUT2D eigenvalue weighted by Crippen LogP contribution is -2.68. The Hall–Kier alpha value is -2.54. The molecule has 0 saturated carbocycles. The molecular weight excluding hydrogens is 499 g/mol. The van der Waals surface area contributed by atoms with Crippen molar-refractivity contribution in [3.63, 3.8) is 0 Å². The lowest BCUT2D eigenvalue weighted by molar-refractivity contribution is -0.0723. The summed E-state index contributed by atoms with van der Waals surface area (Å²) in [4.78, 5) is 20.5. The molecule has 5 heterocycles. The minimum absolute atomic E-state index is 0.161. The quantitative estimate of drug-likeness (QED) is 0.527. The number of carbonyl (C=O) groups is 1. The second-order valence-electron chi connectivity index (χ2n) is 13.8. The number of amides is 1. The highest BCUT2D eigenvalue weighted by atomic mass is 19.1. The van der Waals surface area contributed by atoms with Crippen molar-refractivity contribution >= 4 is 11.5 Å². The van der Waals surface area contributed by atoms with Crippen LogP contribution in [0.3, 0.4) is 0 Å². The van der Waals surface area contributed by atoms with E-state index in [1.54, 1.807) is 17.7 Å². The number of carbonyl (C=O) groups excluding carboxylic acids is 1. The number of piperidine rings is 2. The molecule has 8 rings (SSSR count). The minimum Gasteiger partial charge on any atom is -0.330 e. The molecule has 1 N–H and O–H groups in total. The van der Waals surface area contributed by atoms with E-state index < -0.39 is 0 Å². The Kier molecular flexibility index (Phi) is 6.84. The van der Waals surface area contributed by atoms with Gasteiger partial charge in [-0.1, -0.05) is 43.7 Å². The molecule has 4 saturated heterocycles. The first kappa shape index (κ1) is 26.4. The van der Waals surface area contributed by atoms with Crippen molar-refractivity contribution in [2.75, 3.05) is 32.7 Å². The smallest absolute Gasteiger partial charge is 0.254 e. The molecule has 5 nitrogen and oxygen atoms in total. The molecule has 2 aromatic rings. The Morgan fingerprint density at radius 2 is 1.82 bits per heavy atom. The van der Waals surface area contributed by atoms with E-state index in [1.165, 1.54) is 35.1 Å². The van der Waals surface area contributed by atoms with Crippen molar-refractivity contribution in [2.45, 2.75) is 83.6 Å². The average molecular weight is 543 g/mol. The van der Waals surface area contributed by atoms with Gasteiger partial charge in [-0.2, -0.15) is 0 Å². The van der Waals surface area contributed by atoms with Crippen molar-refractivity contribution in [3.05, 3.63) is 76.1 Å². The monoisotopic (exact) mass is 542 g/mol. The van der Waals surface area contributed by atoms with Crippen LogP contribution in [0.25, 0.3) is 5.57 Å². The summed E-state index contributed by atoms with van der Waals surface area (Å²) in [5.74, 6) is 0.0538. The number of nitrogens with one attached hydrogen (secondary N) is 1. The van der Waals surface area contributed by atoms with Gasteiger partial charge in [-0.05, 0) is 90.9 Å². The number of allylic oxidation sites excluding steroid dienone is 1. The number of nitrogens with zero attached hydrogens (tertiary/aromatic N) is 3. The van der Waals surface area contributed by atoms with Gasteiger partial charge in [-0.25, -0.2) is 4.39 Å². The van der Waals surface area contributed by atoms with E-state index in [4.69, 9.17) is 0 Å². The van der Waals surface area contributed by atoms with Crippen molar-refractivity contribution in [1.29, 1.82) is 0 Å². The molecule has 1 aliphatic carbocycles. The van der Waals surface area contributed by atoms with Crippen molar-refractivity contribution in [3.8, 4) is 0 Å². The second-order valence-corrected chi connectivity index (χ2v) is 13.8. The zero-order valence-electron chi connectivity index (χ0n) is 24.1. The summed E-state index contributed by atoms with van der Waals surface area (Å²) >= 11 is 0. The lowest BCUT2D eigenvalue weighted by Gasteiger charge is -2.57. The predicted molar refractivity (Wildman–Crippen MR) is 157 cm³/mol. The van der Waals surface area contributed by atoms with E-state index in [-0.39, 0.29) is 11.7 Å². The highest BCUT2D eigenvalue weighted by molar-refractivity contribution is 5.98. The molecule has 4 fully saturated rings. The fraction of sp³-hybridized carbons (Fsp3) is 0.559. The SMILES string of the molecule is CC1(C)CCC(CN2CC3CC(C2)N3Cc2ccc3c(c2)CN(C2CCCNC2)C3=O)=C(c2ccc(F)cc2)C1. The average Bonchev–Trinajstić information content (AvgIpc) is 3.29. The molecule has 6 heteroatoms. The van der Waals surface area contributed by atoms with Gasteiger partial charge in [0.25, 0.3) is 5.91 Å². The summed E-state index contributed by atoms with van der Waals surface area (Å²) in [5.41, 5.74) is 7.94. The molecule has 6 aliphatic rings. The van der Waals surface area contributed by atoms with Crippen LogP contribution in [0.5, 0.6) is 0 Å². The lowest BCUT2D eigenvalue weighted by atomic mass is 9.72. The van der Waals surface area contributed by atoms with Gasteiger partial charge in [-0.3, -0.25) is 14.6 Å². The van der Waals surface area contributed by atoms with Crippen LogP contribution in [-0.2, 0) is 13.1 Å². The van der Waals surface area contributed by atoms with E-state index in [1.807, 2.05) is 12.1 Å². The molecule has 2 aromatic carbocycles. The fourth-order valence-electron chi connectivity index (χ4n) is 8.00. The van der Waals surface area contributed by atoms with Gasteiger partial charge in [0.05, 0.1) is 0 Å². The zero-order valence-corrected chi connectivity index (χ0v) is 24.1. The molecule has 3 unspecified atom stereocenters. The Labute approximate surface area is 238 Å². The van der Waals surface area contributed by atoms with Crippen LogP contribution in [0.15, 0.2) is 48.0 Å². The van der Waals surface area contributed by atoms with Gasteiger partial charge in [-0.15, -0.1) is 0 Å². The van der Waals surface area contributed by atoms with Crippen molar-refractivity contribution in [1.82, 2.24) is 20.0 Å². The number of hydrogen-bond donors (Lipinski definition) is 1. The first-order valence-electron chi connectivity index (χ1n) is 15.4. The molecule has 5 aliphatic heterocycles. The third-order valence-electron chi connectivity index (χ3n) is 10.3. The molecule has 40 heavy (non-hydrogen) atoms. The molecule has 1 amide bonds. The van der Waals surface area contributed by atoms with Crippen LogP contribution in [0.2, 0.25) is 0 Å². The van der Waals surface area contributed by atoms with Crippen LogP contribution in [0.4, 0.5) is 4.39 Å². The van der Waals surface area contributed by atoms with Crippen molar-refractivity contribution in [2.24, 2.45) is 5.41 Å². The maximum Gasteiger partial charge on any atom is 0.254 e. The van der Waals surface area contributed by atoms with Crippen molar-refractivity contribution < 1.29 is 9.18 Å². The Morgan fingerprint density at radius 1 is 1.02 bits per heavy atom. The van der Waals surface area contributed by atoms with E-state index in [2.05, 4.69) is 52.1 Å². The molecule has 0 spiro atoms. The van der Waals surface area contributed by atoms with Gasteiger partial charge in [0.2, 0.25) is 0 Å². The second kappa shape index (κ2) is 10.4. The van der Waals surface area contributed by atoms with Crippen LogP contribution < -0.4 is 5.32 Å². The summed E-state index contributed by atoms with van der Waals surface area (Å²) in [6.07, 6.45) is 6.96. The number of rotatable bonds is 6. The number of piperazine rings is 1. The highest BCUT2D eigenvalue weighted by Gasteiger charge is 2.45. The fourth-order valence-corrected chi connectivity index (χ4v) is 8.00. The zero-order chi connectivity index (χ0) is 27.4. The van der Waals surface area contributed by atoms with Gasteiger partial charge in [0.15, 0.2) is 0 Å². The highest BCUT2D eigenvalue weighted by Crippen LogP contribution is 2.44. The standard InChI is InChI=1S/C34H43FN4O/c1-34(2)12-11-25(32(16-34)24-6-8-27(35)9-7-24)19-37-21-29-15-30(22-37)38(29)18-23-5-10-31-26(14-23)20-39(33(31)40)28-4-3-13-36-17-28/h5-10,14,28-30,36H,3-4,11-13,15-22H2,1-2H3. The summed E-state index contributed by atoms with van der Waals surface area (Å²) in [6.45, 7) is 11.7. The summed E-state index contributed by atoms with van der Waals surface area (Å²) in [6, 6.07) is 15.3. The maximum atomic E-state index is 13.6. The van der Waals surface area contributed by atoms with E-state index >= 15 is 0 Å². The van der Waals surface area contributed by atoms with Gasteiger partial charge >= 0.3 is 0 Å². The van der Waals surface area contributed by atoms with Gasteiger partial charge < -0.3 is 10.2 Å². The Morgan fingerprint density at radius 3 is 2.58 bits per heavy atom. The van der Waals surface area contributed by atoms with Gasteiger partial charge in [0.1, 0.15) is 5.82 Å². The number of benzene rings is 2.